The number of fused-ring (bicyclic) bond motifs is 3. The molecule has 1 unspecified atom stereocenters. The molecule has 28 heavy (non-hydrogen) atoms. The van der Waals surface area contributed by atoms with Crippen LogP contribution in [0, 0.1) is 0 Å². The Labute approximate surface area is 173 Å². The lowest BCUT2D eigenvalue weighted by Crippen LogP contribution is -2.41. The molecule has 0 saturated carbocycles. The summed E-state index contributed by atoms with van der Waals surface area (Å²) in [7, 11) is 0. The Morgan fingerprint density at radius 2 is 2.21 bits per heavy atom. The second-order valence-corrected chi connectivity index (χ2v) is 9.42. The summed E-state index contributed by atoms with van der Waals surface area (Å²) in [5.41, 5.74) is 7.63. The van der Waals surface area contributed by atoms with Gasteiger partial charge in [0, 0.05) is 31.1 Å². The fraction of sp³-hybridized carbons (Fsp3) is 0.632. The highest BCUT2D eigenvalue weighted by Crippen LogP contribution is 2.43. The number of hydrogen-bond acceptors (Lipinski definition) is 8. The van der Waals surface area contributed by atoms with Crippen molar-refractivity contribution in [1.82, 2.24) is 20.2 Å². The number of anilines is 1. The lowest BCUT2D eigenvalue weighted by molar-refractivity contribution is -0.118. The van der Waals surface area contributed by atoms with Gasteiger partial charge < -0.3 is 15.8 Å². The Morgan fingerprint density at radius 3 is 3.04 bits per heavy atom. The van der Waals surface area contributed by atoms with Gasteiger partial charge in [-0.1, -0.05) is 18.7 Å². The molecule has 7 nitrogen and oxygen atoms in total. The summed E-state index contributed by atoms with van der Waals surface area (Å²) in [6.45, 7) is 7.17. The summed E-state index contributed by atoms with van der Waals surface area (Å²) in [5.74, 6) is 1.36. The molecule has 3 N–H and O–H groups in total. The standard InChI is InChI=1S/C19H27N5O2S2/c1-12-3-2-4-13-15(12)16-17(20)22-19(23-18(16)28-13)27-11-14(25)21-5-6-24-7-9-26-10-8-24/h12H,2-11H2,1H3,(H,21,25)(H2,20,22,23). The number of thiophene rings is 1. The monoisotopic (exact) mass is 421 g/mol. The highest BCUT2D eigenvalue weighted by atomic mass is 32.2. The van der Waals surface area contributed by atoms with E-state index < -0.39 is 0 Å². The van der Waals surface area contributed by atoms with E-state index in [9.17, 15) is 4.79 Å². The number of nitrogens with two attached hydrogens (primary N) is 1. The first-order chi connectivity index (χ1) is 13.6. The van der Waals surface area contributed by atoms with Crippen LogP contribution in [0.1, 0.15) is 36.1 Å². The zero-order valence-corrected chi connectivity index (χ0v) is 17.8. The number of aryl methyl sites for hydroxylation is 1. The number of nitrogens with zero attached hydrogens (tertiary/aromatic N) is 3. The molecule has 0 radical (unpaired) electrons. The molecule has 0 bridgehead atoms. The summed E-state index contributed by atoms with van der Waals surface area (Å²) < 4.78 is 5.33. The van der Waals surface area contributed by atoms with Crippen molar-refractivity contribution < 1.29 is 9.53 Å². The van der Waals surface area contributed by atoms with Crippen LogP contribution in [0.2, 0.25) is 0 Å². The molecule has 3 heterocycles. The zero-order chi connectivity index (χ0) is 19.5. The van der Waals surface area contributed by atoms with E-state index in [-0.39, 0.29) is 5.91 Å². The summed E-state index contributed by atoms with van der Waals surface area (Å²) in [6.07, 6.45) is 3.52. The van der Waals surface area contributed by atoms with Gasteiger partial charge in [0.05, 0.1) is 24.4 Å². The number of carbonyl (C=O) groups is 1. The molecular weight excluding hydrogens is 394 g/mol. The molecular formula is C19H27N5O2S2. The molecule has 2 aromatic heterocycles. The molecule has 2 aromatic rings. The number of nitrogens with one attached hydrogen (secondary N) is 1. The molecule has 1 aliphatic heterocycles. The fourth-order valence-corrected chi connectivity index (χ4v) is 6.00. The lowest BCUT2D eigenvalue weighted by Gasteiger charge is -2.26. The highest BCUT2D eigenvalue weighted by Gasteiger charge is 2.25. The van der Waals surface area contributed by atoms with Crippen LogP contribution in [0.5, 0.6) is 0 Å². The first kappa shape index (κ1) is 19.9. The van der Waals surface area contributed by atoms with E-state index in [1.54, 1.807) is 11.3 Å². The van der Waals surface area contributed by atoms with Gasteiger partial charge in [0.25, 0.3) is 0 Å². The van der Waals surface area contributed by atoms with E-state index in [1.165, 1.54) is 35.0 Å². The van der Waals surface area contributed by atoms with E-state index in [0.717, 1.165) is 49.5 Å². The Balaban J connectivity index is 1.34. The third-order valence-corrected chi connectivity index (χ3v) is 7.40. The molecule has 1 saturated heterocycles. The minimum absolute atomic E-state index is 0.000348. The van der Waals surface area contributed by atoms with Crippen molar-refractivity contribution in [2.24, 2.45) is 0 Å². The molecule has 0 aromatic carbocycles. The van der Waals surface area contributed by atoms with E-state index >= 15 is 0 Å². The molecule has 1 aliphatic carbocycles. The van der Waals surface area contributed by atoms with Crippen molar-refractivity contribution in [3.63, 3.8) is 0 Å². The largest absolute Gasteiger partial charge is 0.383 e. The number of thioether (sulfide) groups is 1. The van der Waals surface area contributed by atoms with Crippen LogP contribution in [0.3, 0.4) is 0 Å². The fourth-order valence-electron chi connectivity index (χ4n) is 3.92. The van der Waals surface area contributed by atoms with Crippen molar-refractivity contribution in [1.29, 1.82) is 0 Å². The van der Waals surface area contributed by atoms with Gasteiger partial charge in [0.15, 0.2) is 5.16 Å². The average Bonchev–Trinajstić information content (AvgIpc) is 3.07. The van der Waals surface area contributed by atoms with E-state index in [2.05, 4.69) is 27.1 Å². The molecule has 2 aliphatic rings. The molecule has 4 rings (SSSR count). The maximum atomic E-state index is 12.1. The number of nitrogen functional groups attached to an aromatic ring is 1. The topological polar surface area (TPSA) is 93.4 Å². The number of rotatable bonds is 6. The van der Waals surface area contributed by atoms with Gasteiger partial charge in [-0.15, -0.1) is 11.3 Å². The number of hydrogen-bond donors (Lipinski definition) is 2. The summed E-state index contributed by atoms with van der Waals surface area (Å²) in [4.78, 5) is 26.0. The maximum absolute atomic E-state index is 12.1. The molecule has 1 amide bonds. The van der Waals surface area contributed by atoms with Crippen LogP contribution in [0.25, 0.3) is 10.2 Å². The van der Waals surface area contributed by atoms with Crippen LogP contribution in [0.15, 0.2) is 5.16 Å². The molecule has 1 fully saturated rings. The van der Waals surface area contributed by atoms with Gasteiger partial charge in [-0.2, -0.15) is 0 Å². The van der Waals surface area contributed by atoms with Crippen LogP contribution in [0.4, 0.5) is 5.82 Å². The third kappa shape index (κ3) is 4.42. The molecule has 152 valence electrons. The number of aromatic nitrogens is 2. The van der Waals surface area contributed by atoms with Crippen molar-refractivity contribution in [3.8, 4) is 0 Å². The second kappa shape index (κ2) is 8.94. The summed E-state index contributed by atoms with van der Waals surface area (Å²) >= 11 is 3.08. The van der Waals surface area contributed by atoms with Crippen molar-refractivity contribution in [2.75, 3.05) is 50.9 Å². The number of morpholine rings is 1. The minimum atomic E-state index is -0.000348. The van der Waals surface area contributed by atoms with Gasteiger partial charge in [0.1, 0.15) is 10.6 Å². The first-order valence-electron chi connectivity index (χ1n) is 9.90. The summed E-state index contributed by atoms with van der Waals surface area (Å²) in [5, 5.41) is 4.59. The van der Waals surface area contributed by atoms with Gasteiger partial charge in [0.2, 0.25) is 5.91 Å². The second-order valence-electron chi connectivity index (χ2n) is 7.40. The average molecular weight is 422 g/mol. The Bertz CT molecular complexity index is 850. The van der Waals surface area contributed by atoms with Gasteiger partial charge >= 0.3 is 0 Å². The lowest BCUT2D eigenvalue weighted by atomic mass is 9.87. The van der Waals surface area contributed by atoms with Crippen molar-refractivity contribution in [3.05, 3.63) is 10.4 Å². The van der Waals surface area contributed by atoms with Gasteiger partial charge in [-0.25, -0.2) is 9.97 Å². The smallest absolute Gasteiger partial charge is 0.230 e. The van der Waals surface area contributed by atoms with Gasteiger partial charge in [-0.05, 0) is 30.7 Å². The minimum Gasteiger partial charge on any atom is -0.383 e. The number of ether oxygens (including phenoxy) is 1. The Morgan fingerprint density at radius 1 is 1.39 bits per heavy atom. The maximum Gasteiger partial charge on any atom is 0.230 e. The van der Waals surface area contributed by atoms with Crippen molar-refractivity contribution >= 4 is 45.0 Å². The quantitative estimate of drug-likeness (QED) is 0.546. The number of amides is 1. The predicted octanol–water partition coefficient (Wildman–Crippen LogP) is 2.25. The Kier molecular flexibility index (Phi) is 6.35. The van der Waals surface area contributed by atoms with Crippen LogP contribution in [-0.4, -0.2) is 65.9 Å². The first-order valence-corrected chi connectivity index (χ1v) is 11.7. The Hall–Kier alpha value is -1.42. The van der Waals surface area contributed by atoms with Gasteiger partial charge in [-0.3, -0.25) is 9.69 Å². The molecule has 1 atom stereocenters. The van der Waals surface area contributed by atoms with Crippen LogP contribution in [-0.2, 0) is 16.0 Å². The SMILES string of the molecule is CC1CCCc2sc3nc(SCC(=O)NCCN4CCOCC4)nc(N)c3c21. The van der Waals surface area contributed by atoms with Crippen LogP contribution >= 0.6 is 23.1 Å². The van der Waals surface area contributed by atoms with Crippen LogP contribution < -0.4 is 11.1 Å². The zero-order valence-electron chi connectivity index (χ0n) is 16.2. The van der Waals surface area contributed by atoms with E-state index in [0.29, 0.717) is 29.2 Å². The highest BCUT2D eigenvalue weighted by molar-refractivity contribution is 7.99. The normalized spacial score (nSPS) is 20.2. The van der Waals surface area contributed by atoms with Crippen molar-refractivity contribution in [2.45, 2.75) is 37.3 Å². The summed E-state index contributed by atoms with van der Waals surface area (Å²) in [6, 6.07) is 0. The van der Waals surface area contributed by atoms with E-state index in [4.69, 9.17) is 10.5 Å². The molecule has 9 heteroatoms. The van der Waals surface area contributed by atoms with E-state index in [1.807, 2.05) is 0 Å². The third-order valence-electron chi connectivity index (χ3n) is 5.39. The predicted molar refractivity (Wildman–Crippen MR) is 114 cm³/mol. The molecule has 0 spiro atoms. The number of carbonyl (C=O) groups excluding carboxylic acids is 1.